The number of hydrogen-bond acceptors (Lipinski definition) is 2. The number of unbranched alkanes of at least 4 members (excludes halogenated alkanes) is 1. The predicted molar refractivity (Wildman–Crippen MR) is 69.5 cm³/mol. The maximum absolute atomic E-state index is 11.4. The molecule has 0 aliphatic rings. The smallest absolute Gasteiger partial charge is 0.252 e. The number of aromatic amines is 1. The number of benzene rings is 1. The predicted octanol–water partition coefficient (Wildman–Crippen LogP) is 2.87. The molecular formula is C14H15NO2. The van der Waals surface area contributed by atoms with Crippen LogP contribution in [0.15, 0.2) is 47.8 Å². The number of H-pyrrole nitrogens is 1. The van der Waals surface area contributed by atoms with Crippen LogP contribution in [0, 0.1) is 0 Å². The highest BCUT2D eigenvalue weighted by Gasteiger charge is 2.03. The number of fused-ring (bicyclic) bond motifs is 1. The van der Waals surface area contributed by atoms with E-state index in [9.17, 15) is 4.79 Å². The van der Waals surface area contributed by atoms with Gasteiger partial charge in [-0.25, -0.2) is 0 Å². The Bertz CT molecular complexity index is 572. The van der Waals surface area contributed by atoms with Gasteiger partial charge in [-0.3, -0.25) is 4.79 Å². The third kappa shape index (κ3) is 2.75. The number of hydrogen-bond donors (Lipinski definition) is 1. The lowest BCUT2D eigenvalue weighted by Gasteiger charge is -2.08. The topological polar surface area (TPSA) is 42.1 Å². The van der Waals surface area contributed by atoms with Crippen LogP contribution < -0.4 is 10.3 Å². The molecule has 0 unspecified atom stereocenters. The van der Waals surface area contributed by atoms with E-state index in [0.29, 0.717) is 12.4 Å². The molecule has 1 N–H and O–H groups in total. The minimum atomic E-state index is -0.137. The summed E-state index contributed by atoms with van der Waals surface area (Å²) in [5.74, 6) is 0.647. The zero-order valence-corrected chi connectivity index (χ0v) is 9.61. The lowest BCUT2D eigenvalue weighted by atomic mass is 10.2. The largest absolute Gasteiger partial charge is 0.493 e. The normalized spacial score (nSPS) is 10.4. The Labute approximate surface area is 99.7 Å². The first-order valence-electron chi connectivity index (χ1n) is 5.67. The average Bonchev–Trinajstić information content (AvgIpc) is 2.34. The van der Waals surface area contributed by atoms with Crippen LogP contribution in [0.1, 0.15) is 12.8 Å². The van der Waals surface area contributed by atoms with Crippen molar-refractivity contribution in [3.8, 4) is 5.75 Å². The van der Waals surface area contributed by atoms with Crippen molar-refractivity contribution >= 4 is 10.9 Å². The molecule has 88 valence electrons. The molecule has 0 saturated heterocycles. The second kappa shape index (κ2) is 5.34. The molecule has 0 saturated carbocycles. The summed E-state index contributed by atoms with van der Waals surface area (Å²) in [7, 11) is 0. The lowest BCUT2D eigenvalue weighted by molar-refractivity contribution is 0.315. The van der Waals surface area contributed by atoms with E-state index in [1.807, 2.05) is 30.3 Å². The van der Waals surface area contributed by atoms with E-state index in [1.165, 1.54) is 6.07 Å². The van der Waals surface area contributed by atoms with E-state index in [1.54, 1.807) is 0 Å². The molecule has 0 bridgehead atoms. The van der Waals surface area contributed by atoms with Crippen LogP contribution >= 0.6 is 0 Å². The molecule has 0 aliphatic carbocycles. The molecule has 0 aliphatic heterocycles. The van der Waals surface area contributed by atoms with Crippen LogP contribution in [-0.4, -0.2) is 11.6 Å². The number of rotatable bonds is 5. The van der Waals surface area contributed by atoms with Crippen molar-refractivity contribution in [3.05, 3.63) is 53.3 Å². The van der Waals surface area contributed by atoms with Gasteiger partial charge in [0, 0.05) is 11.5 Å². The minimum Gasteiger partial charge on any atom is -0.493 e. The van der Waals surface area contributed by atoms with E-state index in [4.69, 9.17) is 4.74 Å². The number of aromatic nitrogens is 1. The molecule has 3 heteroatoms. The average molecular weight is 229 g/mol. The van der Waals surface area contributed by atoms with E-state index >= 15 is 0 Å². The van der Waals surface area contributed by atoms with Gasteiger partial charge in [-0.1, -0.05) is 18.2 Å². The number of para-hydroxylation sites is 1. The van der Waals surface area contributed by atoms with Gasteiger partial charge in [-0.05, 0) is 25.0 Å². The van der Waals surface area contributed by atoms with E-state index < -0.39 is 0 Å². The number of pyridine rings is 1. The van der Waals surface area contributed by atoms with Gasteiger partial charge in [0.1, 0.15) is 5.75 Å². The van der Waals surface area contributed by atoms with Crippen LogP contribution in [-0.2, 0) is 0 Å². The zero-order chi connectivity index (χ0) is 12.1. The van der Waals surface area contributed by atoms with Crippen LogP contribution in [0.25, 0.3) is 10.9 Å². The molecule has 0 radical (unpaired) electrons. The highest BCUT2D eigenvalue weighted by Crippen LogP contribution is 2.21. The van der Waals surface area contributed by atoms with Crippen molar-refractivity contribution in [1.29, 1.82) is 0 Å². The Morgan fingerprint density at radius 1 is 1.35 bits per heavy atom. The van der Waals surface area contributed by atoms with Crippen molar-refractivity contribution in [2.24, 2.45) is 0 Å². The van der Waals surface area contributed by atoms with Gasteiger partial charge in [-0.2, -0.15) is 0 Å². The Kier molecular flexibility index (Phi) is 3.60. The minimum absolute atomic E-state index is 0.137. The van der Waals surface area contributed by atoms with Crippen molar-refractivity contribution in [2.75, 3.05) is 6.61 Å². The fraction of sp³-hybridized carbons (Fsp3) is 0.214. The third-order valence-corrected chi connectivity index (χ3v) is 2.52. The first-order chi connectivity index (χ1) is 8.31. The first-order valence-corrected chi connectivity index (χ1v) is 5.67. The van der Waals surface area contributed by atoms with Crippen molar-refractivity contribution in [2.45, 2.75) is 12.8 Å². The summed E-state index contributed by atoms with van der Waals surface area (Å²) in [6.45, 7) is 4.26. The SMILES string of the molecule is C=CCCCOc1cc(=O)[nH]c2ccccc12. The van der Waals surface area contributed by atoms with Gasteiger partial charge < -0.3 is 9.72 Å². The molecule has 1 heterocycles. The quantitative estimate of drug-likeness (QED) is 0.632. The Balaban J connectivity index is 2.26. The van der Waals surface area contributed by atoms with E-state index in [0.717, 1.165) is 23.7 Å². The highest BCUT2D eigenvalue weighted by atomic mass is 16.5. The van der Waals surface area contributed by atoms with Gasteiger partial charge in [0.2, 0.25) is 0 Å². The van der Waals surface area contributed by atoms with Gasteiger partial charge in [0.25, 0.3) is 5.56 Å². The van der Waals surface area contributed by atoms with E-state index in [2.05, 4.69) is 11.6 Å². The molecule has 2 rings (SSSR count). The van der Waals surface area contributed by atoms with Gasteiger partial charge in [0.05, 0.1) is 12.1 Å². The third-order valence-electron chi connectivity index (χ3n) is 2.52. The van der Waals surface area contributed by atoms with E-state index in [-0.39, 0.29) is 5.56 Å². The summed E-state index contributed by atoms with van der Waals surface area (Å²) in [5, 5.41) is 0.936. The zero-order valence-electron chi connectivity index (χ0n) is 9.61. The Hall–Kier alpha value is -2.03. The molecule has 0 amide bonds. The summed E-state index contributed by atoms with van der Waals surface area (Å²) < 4.78 is 5.63. The monoisotopic (exact) mass is 229 g/mol. The van der Waals surface area contributed by atoms with Crippen LogP contribution in [0.3, 0.4) is 0 Å². The molecule has 0 fully saturated rings. The molecule has 17 heavy (non-hydrogen) atoms. The lowest BCUT2D eigenvalue weighted by Crippen LogP contribution is -2.07. The van der Waals surface area contributed by atoms with Crippen molar-refractivity contribution in [3.63, 3.8) is 0 Å². The molecule has 1 aromatic carbocycles. The highest BCUT2D eigenvalue weighted by molar-refractivity contribution is 5.84. The Morgan fingerprint density at radius 2 is 2.18 bits per heavy atom. The van der Waals surface area contributed by atoms with Gasteiger partial charge >= 0.3 is 0 Å². The number of ether oxygens (including phenoxy) is 1. The summed E-state index contributed by atoms with van der Waals surface area (Å²) >= 11 is 0. The molecule has 0 spiro atoms. The molecule has 2 aromatic rings. The van der Waals surface area contributed by atoms with Gasteiger partial charge in [0.15, 0.2) is 0 Å². The molecular weight excluding hydrogens is 214 g/mol. The van der Waals surface area contributed by atoms with Gasteiger partial charge in [-0.15, -0.1) is 6.58 Å². The van der Waals surface area contributed by atoms with Crippen LogP contribution in [0.5, 0.6) is 5.75 Å². The number of nitrogens with one attached hydrogen (secondary N) is 1. The standard InChI is InChI=1S/C14H15NO2/c1-2-3-6-9-17-13-10-14(16)15-12-8-5-4-7-11(12)13/h2,4-5,7-8,10H,1,3,6,9H2,(H,15,16). The molecule has 1 aromatic heterocycles. The fourth-order valence-corrected chi connectivity index (χ4v) is 1.70. The fourth-order valence-electron chi connectivity index (χ4n) is 1.70. The summed E-state index contributed by atoms with van der Waals surface area (Å²) in [4.78, 5) is 14.2. The van der Waals surface area contributed by atoms with Crippen LogP contribution in [0.4, 0.5) is 0 Å². The van der Waals surface area contributed by atoms with Crippen LogP contribution in [0.2, 0.25) is 0 Å². The summed E-state index contributed by atoms with van der Waals surface area (Å²) in [6, 6.07) is 9.12. The Morgan fingerprint density at radius 3 is 3.00 bits per heavy atom. The van der Waals surface area contributed by atoms with Crippen molar-refractivity contribution in [1.82, 2.24) is 4.98 Å². The summed E-state index contributed by atoms with van der Waals surface area (Å²) in [6.07, 6.45) is 3.69. The second-order valence-corrected chi connectivity index (χ2v) is 3.82. The first kappa shape index (κ1) is 11.5. The summed E-state index contributed by atoms with van der Waals surface area (Å²) in [5.41, 5.74) is 0.668. The maximum atomic E-state index is 11.4. The molecule has 3 nitrogen and oxygen atoms in total. The maximum Gasteiger partial charge on any atom is 0.252 e. The molecule has 0 atom stereocenters. The number of allylic oxidation sites excluding steroid dienone is 1. The second-order valence-electron chi connectivity index (χ2n) is 3.82. The van der Waals surface area contributed by atoms with Crippen molar-refractivity contribution < 1.29 is 4.74 Å².